The summed E-state index contributed by atoms with van der Waals surface area (Å²) in [6.07, 6.45) is 7.85. The Labute approximate surface area is 160 Å². The summed E-state index contributed by atoms with van der Waals surface area (Å²) in [5.74, 6) is 0.625. The predicted molar refractivity (Wildman–Crippen MR) is 104 cm³/mol. The van der Waals surface area contributed by atoms with Crippen LogP contribution in [0.4, 0.5) is 0 Å². The molecule has 2 aliphatic rings. The summed E-state index contributed by atoms with van der Waals surface area (Å²) in [5.41, 5.74) is 3.66. The zero-order valence-corrected chi connectivity index (χ0v) is 15.7. The highest BCUT2D eigenvalue weighted by Gasteiger charge is 2.39. The molecule has 0 amide bonds. The lowest BCUT2D eigenvalue weighted by molar-refractivity contribution is 0.505. The molecule has 0 radical (unpaired) electrons. The maximum absolute atomic E-state index is 6.08. The van der Waals surface area contributed by atoms with Crippen molar-refractivity contribution in [1.82, 2.24) is 10.3 Å². The Morgan fingerprint density at radius 1 is 1.00 bits per heavy atom. The van der Waals surface area contributed by atoms with Crippen molar-refractivity contribution in [3.8, 4) is 11.1 Å². The number of halogens is 4. The van der Waals surface area contributed by atoms with Crippen LogP contribution in [0.25, 0.3) is 11.1 Å². The molecular formula is C17H20Cl4N2. The maximum Gasteiger partial charge on any atom is 0.0412 e. The Morgan fingerprint density at radius 3 is 2.48 bits per heavy atom. The van der Waals surface area contributed by atoms with Crippen molar-refractivity contribution in [1.29, 1.82) is 0 Å². The molecule has 3 unspecified atom stereocenters. The minimum atomic E-state index is 0. The van der Waals surface area contributed by atoms with Gasteiger partial charge in [-0.15, -0.1) is 37.2 Å². The number of benzene rings is 1. The van der Waals surface area contributed by atoms with Crippen LogP contribution in [0.1, 0.15) is 30.7 Å². The number of pyridine rings is 1. The van der Waals surface area contributed by atoms with Crippen molar-refractivity contribution in [2.75, 3.05) is 0 Å². The summed E-state index contributed by atoms with van der Waals surface area (Å²) in [7, 11) is 0. The van der Waals surface area contributed by atoms with Gasteiger partial charge in [-0.1, -0.05) is 23.7 Å². The van der Waals surface area contributed by atoms with E-state index in [1.54, 1.807) is 0 Å². The van der Waals surface area contributed by atoms with Gasteiger partial charge >= 0.3 is 0 Å². The van der Waals surface area contributed by atoms with Gasteiger partial charge in [-0.05, 0) is 48.6 Å². The number of hydrogen-bond donors (Lipinski definition) is 1. The first-order valence-electron chi connectivity index (χ1n) is 7.26. The van der Waals surface area contributed by atoms with Crippen LogP contribution < -0.4 is 5.32 Å². The molecule has 1 aromatic carbocycles. The molecule has 0 saturated carbocycles. The van der Waals surface area contributed by atoms with E-state index in [1.165, 1.54) is 24.8 Å². The average molecular weight is 394 g/mol. The van der Waals surface area contributed by atoms with Crippen molar-refractivity contribution in [2.45, 2.75) is 37.3 Å². The molecule has 2 bridgehead atoms. The minimum absolute atomic E-state index is 0. The molecule has 23 heavy (non-hydrogen) atoms. The largest absolute Gasteiger partial charge is 0.311 e. The summed E-state index contributed by atoms with van der Waals surface area (Å²) >= 11 is 6.08. The first-order valence-corrected chi connectivity index (χ1v) is 7.64. The van der Waals surface area contributed by atoms with Crippen LogP contribution in [0.2, 0.25) is 5.02 Å². The van der Waals surface area contributed by atoms with Gasteiger partial charge < -0.3 is 5.32 Å². The van der Waals surface area contributed by atoms with E-state index in [0.717, 1.165) is 22.2 Å². The van der Waals surface area contributed by atoms with E-state index in [1.807, 2.05) is 30.6 Å². The number of fused-ring (bicyclic) bond motifs is 2. The first kappa shape index (κ1) is 20.5. The van der Waals surface area contributed by atoms with Gasteiger partial charge in [0, 0.05) is 41.0 Å². The molecular weight excluding hydrogens is 374 g/mol. The molecule has 0 aliphatic carbocycles. The third-order valence-electron chi connectivity index (χ3n) is 4.65. The van der Waals surface area contributed by atoms with Crippen LogP contribution in [0, 0.1) is 0 Å². The van der Waals surface area contributed by atoms with Crippen LogP contribution >= 0.6 is 48.8 Å². The molecule has 3 heterocycles. The van der Waals surface area contributed by atoms with E-state index >= 15 is 0 Å². The van der Waals surface area contributed by atoms with Crippen LogP contribution in [0.15, 0.2) is 42.7 Å². The predicted octanol–water partition coefficient (Wildman–Crippen LogP) is 5.28. The Balaban J connectivity index is 0.000000882. The molecule has 2 fully saturated rings. The van der Waals surface area contributed by atoms with Crippen molar-refractivity contribution < 1.29 is 0 Å². The Bertz CT molecular complexity index is 650. The van der Waals surface area contributed by atoms with Gasteiger partial charge in [0.25, 0.3) is 0 Å². The van der Waals surface area contributed by atoms with Crippen molar-refractivity contribution in [2.24, 2.45) is 0 Å². The van der Waals surface area contributed by atoms with Gasteiger partial charge in [0.05, 0.1) is 0 Å². The van der Waals surface area contributed by atoms with Crippen LogP contribution in [0.3, 0.4) is 0 Å². The molecule has 0 spiro atoms. The van der Waals surface area contributed by atoms with Gasteiger partial charge in [-0.25, -0.2) is 0 Å². The molecule has 126 valence electrons. The molecule has 1 aromatic heterocycles. The summed E-state index contributed by atoms with van der Waals surface area (Å²) in [4.78, 5) is 4.45. The number of nitrogens with zero attached hydrogens (tertiary/aromatic N) is 1. The fourth-order valence-electron chi connectivity index (χ4n) is 3.68. The molecule has 2 aromatic rings. The summed E-state index contributed by atoms with van der Waals surface area (Å²) < 4.78 is 0. The molecule has 3 atom stereocenters. The highest BCUT2D eigenvalue weighted by Crippen LogP contribution is 2.40. The molecule has 1 N–H and O–H groups in total. The topological polar surface area (TPSA) is 24.9 Å². The van der Waals surface area contributed by atoms with E-state index in [2.05, 4.69) is 22.4 Å². The van der Waals surface area contributed by atoms with Crippen LogP contribution in [0.5, 0.6) is 0 Å². The number of nitrogens with one attached hydrogen (secondary N) is 1. The smallest absolute Gasteiger partial charge is 0.0412 e. The second kappa shape index (κ2) is 8.55. The highest BCUT2D eigenvalue weighted by molar-refractivity contribution is 6.30. The fraction of sp³-hybridized carbons (Fsp3) is 0.353. The van der Waals surface area contributed by atoms with E-state index in [9.17, 15) is 0 Å². The zero-order chi connectivity index (χ0) is 13.5. The summed E-state index contributed by atoms with van der Waals surface area (Å²) in [6, 6.07) is 11.6. The lowest BCUT2D eigenvalue weighted by Gasteiger charge is -2.20. The highest BCUT2D eigenvalue weighted by atomic mass is 35.5. The first-order chi connectivity index (χ1) is 9.79. The SMILES string of the molecule is Cl.Cl.Cl.Clc1cccc(-c2cncc(C3CC4CCC3N4)c2)c1. The fourth-order valence-corrected chi connectivity index (χ4v) is 3.87. The van der Waals surface area contributed by atoms with Gasteiger partial charge in [0.15, 0.2) is 0 Å². The van der Waals surface area contributed by atoms with Gasteiger partial charge in [-0.2, -0.15) is 0 Å². The minimum Gasteiger partial charge on any atom is -0.311 e. The van der Waals surface area contributed by atoms with E-state index < -0.39 is 0 Å². The summed E-state index contributed by atoms with van der Waals surface area (Å²) in [5, 5.41) is 4.47. The van der Waals surface area contributed by atoms with E-state index in [0.29, 0.717) is 12.0 Å². The monoisotopic (exact) mass is 392 g/mol. The lowest BCUT2D eigenvalue weighted by Crippen LogP contribution is -2.21. The third-order valence-corrected chi connectivity index (χ3v) is 4.88. The van der Waals surface area contributed by atoms with E-state index in [-0.39, 0.29) is 37.2 Å². The van der Waals surface area contributed by atoms with Crippen molar-refractivity contribution in [3.63, 3.8) is 0 Å². The Hall–Kier alpha value is -0.510. The zero-order valence-electron chi connectivity index (χ0n) is 12.4. The van der Waals surface area contributed by atoms with Crippen LogP contribution in [-0.4, -0.2) is 17.1 Å². The lowest BCUT2D eigenvalue weighted by atomic mass is 9.84. The number of rotatable bonds is 2. The third kappa shape index (κ3) is 4.12. The van der Waals surface area contributed by atoms with Gasteiger partial charge in [0.2, 0.25) is 0 Å². The van der Waals surface area contributed by atoms with Crippen LogP contribution in [-0.2, 0) is 0 Å². The standard InChI is InChI=1S/C17H17ClN2.3ClH/c18-14-3-1-2-11(7-14)12-6-13(10-19-9-12)16-8-15-4-5-17(16)20-15;;;/h1-3,6-7,9-10,15-17,20H,4-5,8H2;3*1H. The molecule has 6 heteroatoms. The second-order valence-electron chi connectivity index (χ2n) is 5.91. The van der Waals surface area contributed by atoms with Gasteiger partial charge in [0.1, 0.15) is 0 Å². The molecule has 4 rings (SSSR count). The quantitative estimate of drug-likeness (QED) is 0.750. The Morgan fingerprint density at radius 2 is 1.83 bits per heavy atom. The van der Waals surface area contributed by atoms with Crippen molar-refractivity contribution >= 4 is 48.8 Å². The Kier molecular flexibility index (Phi) is 7.63. The number of aromatic nitrogens is 1. The normalized spacial score (nSPS) is 24.3. The number of hydrogen-bond acceptors (Lipinski definition) is 2. The molecule has 2 saturated heterocycles. The molecule has 2 nitrogen and oxygen atoms in total. The van der Waals surface area contributed by atoms with E-state index in [4.69, 9.17) is 11.6 Å². The second-order valence-corrected chi connectivity index (χ2v) is 6.34. The van der Waals surface area contributed by atoms with Crippen molar-refractivity contribution in [3.05, 3.63) is 53.3 Å². The van der Waals surface area contributed by atoms with Gasteiger partial charge in [-0.3, -0.25) is 4.98 Å². The maximum atomic E-state index is 6.08. The molecule has 2 aliphatic heterocycles. The average Bonchev–Trinajstić information content (AvgIpc) is 3.10. The summed E-state index contributed by atoms with van der Waals surface area (Å²) in [6.45, 7) is 0.